The van der Waals surface area contributed by atoms with Crippen molar-refractivity contribution in [1.29, 1.82) is 0 Å². The Hall–Kier alpha value is -2.58. The van der Waals surface area contributed by atoms with Gasteiger partial charge in [0.05, 0.1) is 35.8 Å². The molecule has 2 fully saturated rings. The number of rotatable bonds is 7. The molecule has 8 heteroatoms. The van der Waals surface area contributed by atoms with E-state index in [1.807, 2.05) is 59.5 Å². The van der Waals surface area contributed by atoms with Crippen molar-refractivity contribution in [3.8, 4) is 0 Å². The minimum Gasteiger partial charge on any atom is -0.465 e. The summed E-state index contributed by atoms with van der Waals surface area (Å²) < 4.78 is 4.65. The molecule has 1 aromatic carbocycles. The minimum absolute atomic E-state index is 0.0138. The molecule has 4 aliphatic heterocycles. The fourth-order valence-electron chi connectivity index (χ4n) is 6.56. The summed E-state index contributed by atoms with van der Waals surface area (Å²) in [6.45, 7) is 4.63. The average molecular weight is 525 g/mol. The van der Waals surface area contributed by atoms with Gasteiger partial charge in [-0.3, -0.25) is 14.4 Å². The number of thioether (sulfide) groups is 1. The lowest BCUT2D eigenvalue weighted by molar-refractivity contribution is -0.153. The fraction of sp³-hybridized carbons (Fsp3) is 0.552. The molecule has 2 saturated heterocycles. The number of hydrogen-bond acceptors (Lipinski definition) is 6. The largest absolute Gasteiger partial charge is 0.465 e. The van der Waals surface area contributed by atoms with Gasteiger partial charge in [-0.25, -0.2) is 0 Å². The highest BCUT2D eigenvalue weighted by Crippen LogP contribution is 2.61. The highest BCUT2D eigenvalue weighted by molar-refractivity contribution is 8.02. The molecule has 7 nitrogen and oxygen atoms in total. The maximum absolute atomic E-state index is 14.4. The molecule has 37 heavy (non-hydrogen) atoms. The quantitative estimate of drug-likeness (QED) is 0.436. The van der Waals surface area contributed by atoms with E-state index in [0.29, 0.717) is 19.4 Å². The Bertz CT molecular complexity index is 1090. The van der Waals surface area contributed by atoms with Crippen molar-refractivity contribution in [3.63, 3.8) is 0 Å². The summed E-state index contributed by atoms with van der Waals surface area (Å²) in [6, 6.07) is 8.34. The molecule has 0 radical (unpaired) electrons. The van der Waals surface area contributed by atoms with Gasteiger partial charge in [-0.1, -0.05) is 68.0 Å². The van der Waals surface area contributed by atoms with Crippen LogP contribution >= 0.6 is 11.8 Å². The van der Waals surface area contributed by atoms with E-state index in [1.54, 1.807) is 16.7 Å². The number of hydrogen-bond donors (Lipinski definition) is 1. The number of esters is 1. The van der Waals surface area contributed by atoms with Gasteiger partial charge in [0.2, 0.25) is 11.8 Å². The molecular formula is C29H36N2O5S. The van der Waals surface area contributed by atoms with Crippen LogP contribution in [0.1, 0.15) is 38.7 Å². The number of aliphatic hydroxyl groups excluding tert-OH is 1. The maximum Gasteiger partial charge on any atom is 0.311 e. The third-order valence-electron chi connectivity index (χ3n) is 8.25. The van der Waals surface area contributed by atoms with Gasteiger partial charge in [-0.15, -0.1) is 11.8 Å². The first-order valence-corrected chi connectivity index (χ1v) is 14.3. The summed E-state index contributed by atoms with van der Waals surface area (Å²) in [6.07, 6.45) is 10.9. The zero-order valence-electron chi connectivity index (χ0n) is 21.5. The summed E-state index contributed by atoms with van der Waals surface area (Å²) in [5.74, 6) is -2.12. The van der Waals surface area contributed by atoms with Gasteiger partial charge in [0.1, 0.15) is 6.04 Å². The molecule has 0 aromatic heterocycles. The van der Waals surface area contributed by atoms with Crippen molar-refractivity contribution in [3.05, 3.63) is 60.2 Å². The second-order valence-electron chi connectivity index (χ2n) is 10.5. The molecule has 5 rings (SSSR count). The van der Waals surface area contributed by atoms with Crippen LogP contribution in [0.3, 0.4) is 0 Å². The second-order valence-corrected chi connectivity index (χ2v) is 12.0. The normalized spacial score (nSPS) is 32.7. The number of amides is 2. The van der Waals surface area contributed by atoms with E-state index in [2.05, 4.69) is 13.8 Å². The predicted octanol–water partition coefficient (Wildman–Crippen LogP) is 2.98. The molecule has 198 valence electrons. The molecule has 1 N–H and O–H groups in total. The van der Waals surface area contributed by atoms with Crippen LogP contribution in [-0.2, 0) is 25.5 Å². The van der Waals surface area contributed by atoms with Crippen molar-refractivity contribution in [1.82, 2.24) is 9.80 Å². The Labute approximate surface area is 222 Å². The van der Waals surface area contributed by atoms with Gasteiger partial charge in [-0.2, -0.15) is 0 Å². The molecule has 0 aliphatic carbocycles. The first-order valence-electron chi connectivity index (χ1n) is 13.4. The molecule has 0 bridgehead atoms. The molecule has 4 aliphatic rings. The number of cyclic esters (lactones) is 1. The number of carbonyl (C=O) groups is 3. The Morgan fingerprint density at radius 2 is 1.95 bits per heavy atom. The molecule has 1 spiro atoms. The lowest BCUT2D eigenvalue weighted by Crippen LogP contribution is -2.58. The monoisotopic (exact) mass is 524 g/mol. The Morgan fingerprint density at radius 1 is 1.16 bits per heavy atom. The van der Waals surface area contributed by atoms with Crippen molar-refractivity contribution < 1.29 is 24.2 Å². The number of ether oxygens (including phenoxy) is 1. The summed E-state index contributed by atoms with van der Waals surface area (Å²) in [7, 11) is 0. The van der Waals surface area contributed by atoms with E-state index < -0.39 is 28.7 Å². The highest BCUT2D eigenvalue weighted by Gasteiger charge is 2.71. The zero-order valence-corrected chi connectivity index (χ0v) is 22.3. The van der Waals surface area contributed by atoms with E-state index in [-0.39, 0.29) is 42.3 Å². The van der Waals surface area contributed by atoms with E-state index in [9.17, 15) is 19.5 Å². The highest BCUT2D eigenvalue weighted by atomic mass is 32.2. The van der Waals surface area contributed by atoms with Crippen LogP contribution in [0.25, 0.3) is 0 Å². The van der Waals surface area contributed by atoms with Crippen molar-refractivity contribution in [2.75, 3.05) is 19.8 Å². The Morgan fingerprint density at radius 3 is 2.68 bits per heavy atom. The van der Waals surface area contributed by atoms with Crippen LogP contribution in [0, 0.1) is 11.8 Å². The number of carbonyl (C=O) groups excluding carboxylic acids is 3. The average Bonchev–Trinajstić information content (AvgIpc) is 3.27. The molecule has 1 aromatic rings. The van der Waals surface area contributed by atoms with Crippen molar-refractivity contribution in [2.45, 2.75) is 67.7 Å². The zero-order chi connectivity index (χ0) is 26.2. The summed E-state index contributed by atoms with van der Waals surface area (Å²) in [5.41, 5.74) is 0.979. The van der Waals surface area contributed by atoms with Crippen molar-refractivity contribution >= 4 is 29.5 Å². The van der Waals surface area contributed by atoms with Crippen LogP contribution in [0.5, 0.6) is 0 Å². The second kappa shape index (κ2) is 10.7. The topological polar surface area (TPSA) is 87.2 Å². The smallest absolute Gasteiger partial charge is 0.311 e. The lowest BCUT2D eigenvalue weighted by atomic mass is 9.78. The molecule has 4 heterocycles. The van der Waals surface area contributed by atoms with E-state index in [0.717, 1.165) is 18.4 Å². The fourth-order valence-corrected chi connectivity index (χ4v) is 8.55. The third kappa shape index (κ3) is 4.42. The van der Waals surface area contributed by atoms with E-state index in [4.69, 9.17) is 4.74 Å². The van der Waals surface area contributed by atoms with Gasteiger partial charge >= 0.3 is 5.97 Å². The molecule has 7 atom stereocenters. The standard InChI is InChI=1S/C29H36N2O5S/c1-3-10-19(2)30-15-9-14-29-24(23-22(37-29)13-7-8-16-36-28(23)35)26(33)31(25(29)27(30)34)21(18-32)17-20-11-5-4-6-12-20/h4-7,9,11-14,19,21-25,32H,3,8,10,15-18H2,1-2H3/t19?,21-,22+,23-,24+,25?,29+/m1/s1. The summed E-state index contributed by atoms with van der Waals surface area (Å²) >= 11 is 1.54. The van der Waals surface area contributed by atoms with Gasteiger partial charge in [0.25, 0.3) is 0 Å². The SMILES string of the molecule is CCCC(C)N1CC=C[C@]23S[C@H]4C=CCCOC(=O)[C@H]4[C@H]2C(=O)N([C@@H](CO)Cc2ccccc2)C3C1=O. The van der Waals surface area contributed by atoms with Crippen LogP contribution in [0.4, 0.5) is 0 Å². The molecule has 0 saturated carbocycles. The number of nitrogens with zero attached hydrogens (tertiary/aromatic N) is 2. The van der Waals surface area contributed by atoms with Gasteiger partial charge < -0.3 is 19.6 Å². The summed E-state index contributed by atoms with van der Waals surface area (Å²) in [4.78, 5) is 45.5. The minimum atomic E-state index is -0.901. The molecule has 2 unspecified atom stereocenters. The number of fused-ring (bicyclic) bond motifs is 2. The van der Waals surface area contributed by atoms with Gasteiger partial charge in [-0.05, 0) is 31.7 Å². The first-order chi connectivity index (χ1) is 17.9. The van der Waals surface area contributed by atoms with Gasteiger partial charge in [0.15, 0.2) is 0 Å². The summed E-state index contributed by atoms with van der Waals surface area (Å²) in [5, 5.41) is 10.3. The number of likely N-dealkylation sites (tertiary alicyclic amines) is 1. The number of aliphatic hydroxyl groups is 1. The Kier molecular flexibility index (Phi) is 7.50. The van der Waals surface area contributed by atoms with E-state index in [1.165, 1.54) is 0 Å². The lowest BCUT2D eigenvalue weighted by Gasteiger charge is -2.40. The molecular weight excluding hydrogens is 488 g/mol. The van der Waals surface area contributed by atoms with Crippen molar-refractivity contribution in [2.24, 2.45) is 11.8 Å². The van der Waals surface area contributed by atoms with Crippen LogP contribution in [0.15, 0.2) is 54.6 Å². The number of benzene rings is 1. The van der Waals surface area contributed by atoms with Crippen LogP contribution in [0.2, 0.25) is 0 Å². The molecule has 2 amide bonds. The Balaban J connectivity index is 1.61. The first kappa shape index (κ1) is 26.0. The van der Waals surface area contributed by atoms with Crippen LogP contribution < -0.4 is 0 Å². The third-order valence-corrected chi connectivity index (χ3v) is 9.99. The van der Waals surface area contributed by atoms with Crippen LogP contribution in [-0.4, -0.2) is 80.6 Å². The van der Waals surface area contributed by atoms with Gasteiger partial charge in [0, 0.05) is 17.8 Å². The van der Waals surface area contributed by atoms with E-state index >= 15 is 0 Å². The predicted molar refractivity (Wildman–Crippen MR) is 143 cm³/mol. The maximum atomic E-state index is 14.4.